The molecule has 0 aliphatic carbocycles. The Labute approximate surface area is 165 Å². The maximum atomic E-state index is 12.9. The fraction of sp³-hybridized carbons (Fsp3) is 0.150. The maximum Gasteiger partial charge on any atom is 0.259 e. The van der Waals surface area contributed by atoms with E-state index in [-0.39, 0.29) is 5.91 Å². The SMILES string of the molecule is COc1cccc(-c2nn(CCC#N)cc2C(=O)Nc2ccccc2Br)c1. The summed E-state index contributed by atoms with van der Waals surface area (Å²) in [6.45, 7) is 0.412. The van der Waals surface area contributed by atoms with Gasteiger partial charge in [0, 0.05) is 16.2 Å². The van der Waals surface area contributed by atoms with E-state index in [9.17, 15) is 4.79 Å². The number of halogens is 1. The molecule has 0 spiro atoms. The van der Waals surface area contributed by atoms with Crippen LogP contribution in [0.15, 0.2) is 59.2 Å². The highest BCUT2D eigenvalue weighted by Gasteiger charge is 2.19. The van der Waals surface area contributed by atoms with Gasteiger partial charge in [-0.1, -0.05) is 24.3 Å². The second-order valence-electron chi connectivity index (χ2n) is 5.73. The molecule has 0 saturated heterocycles. The van der Waals surface area contributed by atoms with Gasteiger partial charge >= 0.3 is 0 Å². The quantitative estimate of drug-likeness (QED) is 0.631. The van der Waals surface area contributed by atoms with Crippen LogP contribution in [-0.2, 0) is 6.54 Å². The van der Waals surface area contributed by atoms with Crippen LogP contribution in [0.5, 0.6) is 5.75 Å². The molecule has 3 rings (SSSR count). The van der Waals surface area contributed by atoms with Gasteiger partial charge in [0.1, 0.15) is 11.4 Å². The first-order chi connectivity index (χ1) is 13.1. The number of aromatic nitrogens is 2. The fourth-order valence-electron chi connectivity index (χ4n) is 2.60. The first-order valence-electron chi connectivity index (χ1n) is 8.27. The topological polar surface area (TPSA) is 79.9 Å². The van der Waals surface area contributed by atoms with Crippen LogP contribution in [0, 0.1) is 11.3 Å². The number of nitriles is 1. The zero-order chi connectivity index (χ0) is 19.2. The van der Waals surface area contributed by atoms with Crippen LogP contribution in [-0.4, -0.2) is 22.8 Å². The van der Waals surface area contributed by atoms with E-state index in [0.717, 1.165) is 10.0 Å². The van der Waals surface area contributed by atoms with Crippen molar-refractivity contribution in [3.8, 4) is 23.1 Å². The Bertz CT molecular complexity index is 1010. The van der Waals surface area contributed by atoms with E-state index in [1.807, 2.05) is 48.5 Å². The van der Waals surface area contributed by atoms with Crippen molar-refractivity contribution >= 4 is 27.5 Å². The Morgan fingerprint density at radius 3 is 2.85 bits per heavy atom. The summed E-state index contributed by atoms with van der Waals surface area (Å²) in [6, 6.07) is 16.9. The van der Waals surface area contributed by atoms with Crippen LogP contribution in [0.25, 0.3) is 11.3 Å². The lowest BCUT2D eigenvalue weighted by molar-refractivity contribution is 0.102. The molecule has 2 aromatic carbocycles. The van der Waals surface area contributed by atoms with Crippen LogP contribution in [0.1, 0.15) is 16.8 Å². The average molecular weight is 425 g/mol. The summed E-state index contributed by atoms with van der Waals surface area (Å²) < 4.78 is 7.68. The molecule has 3 aromatic rings. The van der Waals surface area contributed by atoms with Gasteiger partial charge in [0.05, 0.1) is 37.4 Å². The van der Waals surface area contributed by atoms with Crippen molar-refractivity contribution in [1.29, 1.82) is 5.26 Å². The van der Waals surface area contributed by atoms with Crippen molar-refractivity contribution < 1.29 is 9.53 Å². The van der Waals surface area contributed by atoms with Crippen LogP contribution in [0.4, 0.5) is 5.69 Å². The number of para-hydroxylation sites is 1. The van der Waals surface area contributed by atoms with E-state index in [0.29, 0.717) is 35.7 Å². The number of nitrogens with one attached hydrogen (secondary N) is 1. The molecule has 0 unspecified atom stereocenters. The molecule has 0 atom stereocenters. The molecule has 136 valence electrons. The number of hydrogen-bond donors (Lipinski definition) is 1. The first kappa shape index (κ1) is 18.7. The number of benzene rings is 2. The van der Waals surface area contributed by atoms with E-state index >= 15 is 0 Å². The predicted molar refractivity (Wildman–Crippen MR) is 107 cm³/mol. The van der Waals surface area contributed by atoms with Crippen molar-refractivity contribution in [3.05, 3.63) is 64.8 Å². The Hall–Kier alpha value is -3.11. The zero-order valence-corrected chi connectivity index (χ0v) is 16.2. The summed E-state index contributed by atoms with van der Waals surface area (Å²) in [6.07, 6.45) is 1.98. The lowest BCUT2D eigenvalue weighted by atomic mass is 10.1. The van der Waals surface area contributed by atoms with Gasteiger partial charge in [-0.15, -0.1) is 0 Å². The van der Waals surface area contributed by atoms with E-state index in [1.54, 1.807) is 18.0 Å². The lowest BCUT2D eigenvalue weighted by Crippen LogP contribution is -2.12. The molecular formula is C20H17BrN4O2. The van der Waals surface area contributed by atoms with Gasteiger partial charge in [-0.25, -0.2) is 0 Å². The summed E-state index contributed by atoms with van der Waals surface area (Å²) in [7, 11) is 1.59. The standard InChI is InChI=1S/C20H17BrN4O2/c1-27-15-7-4-6-14(12-15)19-16(13-25(24-19)11-5-10-22)20(26)23-18-9-3-2-8-17(18)21/h2-4,6-9,12-13H,5,11H2,1H3,(H,23,26). The molecule has 6 nitrogen and oxygen atoms in total. The maximum absolute atomic E-state index is 12.9. The Kier molecular flexibility index (Phi) is 5.89. The minimum Gasteiger partial charge on any atom is -0.497 e. The number of aryl methyl sites for hydroxylation is 1. The highest BCUT2D eigenvalue weighted by atomic mass is 79.9. The van der Waals surface area contributed by atoms with Gasteiger partial charge < -0.3 is 10.1 Å². The second kappa shape index (κ2) is 8.52. The Morgan fingerprint density at radius 1 is 1.30 bits per heavy atom. The van der Waals surface area contributed by atoms with Gasteiger partial charge in [0.2, 0.25) is 0 Å². The van der Waals surface area contributed by atoms with Crippen LogP contribution in [0.3, 0.4) is 0 Å². The molecule has 1 aromatic heterocycles. The Balaban J connectivity index is 1.99. The van der Waals surface area contributed by atoms with Crippen molar-refractivity contribution in [2.75, 3.05) is 12.4 Å². The molecule has 0 aliphatic rings. The second-order valence-corrected chi connectivity index (χ2v) is 6.58. The molecule has 1 heterocycles. The number of nitrogens with zero attached hydrogens (tertiary/aromatic N) is 3. The number of carbonyl (C=O) groups is 1. The van der Waals surface area contributed by atoms with E-state index in [2.05, 4.69) is 32.4 Å². The zero-order valence-electron chi connectivity index (χ0n) is 14.6. The summed E-state index contributed by atoms with van der Waals surface area (Å²) in [5.41, 5.74) is 2.40. The summed E-state index contributed by atoms with van der Waals surface area (Å²) in [4.78, 5) is 12.9. The number of amides is 1. The minimum atomic E-state index is -0.275. The van der Waals surface area contributed by atoms with E-state index in [4.69, 9.17) is 10.00 Å². The summed E-state index contributed by atoms with van der Waals surface area (Å²) >= 11 is 3.43. The van der Waals surface area contributed by atoms with Gasteiger partial charge in [-0.05, 0) is 40.2 Å². The van der Waals surface area contributed by atoms with Gasteiger partial charge in [-0.2, -0.15) is 10.4 Å². The average Bonchev–Trinajstić information content (AvgIpc) is 3.12. The molecular weight excluding hydrogens is 408 g/mol. The van der Waals surface area contributed by atoms with Gasteiger partial charge in [0.15, 0.2) is 0 Å². The third-order valence-corrected chi connectivity index (χ3v) is 4.62. The number of ether oxygens (including phenoxy) is 1. The number of rotatable bonds is 6. The first-order valence-corrected chi connectivity index (χ1v) is 9.06. The molecule has 0 radical (unpaired) electrons. The monoisotopic (exact) mass is 424 g/mol. The highest BCUT2D eigenvalue weighted by molar-refractivity contribution is 9.10. The van der Waals surface area contributed by atoms with Crippen LogP contribution < -0.4 is 10.1 Å². The smallest absolute Gasteiger partial charge is 0.259 e. The normalized spacial score (nSPS) is 10.3. The van der Waals surface area contributed by atoms with Crippen LogP contribution in [0.2, 0.25) is 0 Å². The highest BCUT2D eigenvalue weighted by Crippen LogP contribution is 2.28. The largest absolute Gasteiger partial charge is 0.497 e. The Morgan fingerprint density at radius 2 is 2.11 bits per heavy atom. The molecule has 1 amide bonds. The van der Waals surface area contributed by atoms with Crippen molar-refractivity contribution in [2.45, 2.75) is 13.0 Å². The number of carbonyl (C=O) groups excluding carboxylic acids is 1. The molecule has 27 heavy (non-hydrogen) atoms. The van der Waals surface area contributed by atoms with Crippen molar-refractivity contribution in [3.63, 3.8) is 0 Å². The van der Waals surface area contributed by atoms with Gasteiger partial charge in [0.25, 0.3) is 5.91 Å². The molecule has 0 fully saturated rings. The number of hydrogen-bond acceptors (Lipinski definition) is 4. The fourth-order valence-corrected chi connectivity index (χ4v) is 2.99. The van der Waals surface area contributed by atoms with Crippen molar-refractivity contribution in [2.24, 2.45) is 0 Å². The van der Waals surface area contributed by atoms with E-state index < -0.39 is 0 Å². The van der Waals surface area contributed by atoms with Crippen molar-refractivity contribution in [1.82, 2.24) is 9.78 Å². The molecule has 0 saturated carbocycles. The molecule has 0 aliphatic heterocycles. The lowest BCUT2D eigenvalue weighted by Gasteiger charge is -2.08. The summed E-state index contributed by atoms with van der Waals surface area (Å²) in [5.74, 6) is 0.402. The third kappa shape index (κ3) is 4.36. The summed E-state index contributed by atoms with van der Waals surface area (Å²) in [5, 5.41) is 16.2. The van der Waals surface area contributed by atoms with Gasteiger partial charge in [-0.3, -0.25) is 9.48 Å². The van der Waals surface area contributed by atoms with E-state index in [1.165, 1.54) is 0 Å². The molecule has 1 N–H and O–H groups in total. The molecule has 7 heteroatoms. The predicted octanol–water partition coefficient (Wildman–Crippen LogP) is 4.49. The number of anilines is 1. The van der Waals surface area contributed by atoms with Crippen LogP contribution >= 0.6 is 15.9 Å². The minimum absolute atomic E-state index is 0.275. The third-order valence-electron chi connectivity index (χ3n) is 3.92. The molecule has 0 bridgehead atoms. The number of methoxy groups -OCH3 is 1.